The molecule has 0 bridgehead atoms. The molecule has 0 fully saturated rings. The molecule has 1 aliphatic carbocycles. The van der Waals surface area contributed by atoms with Crippen LogP contribution in [-0.2, 0) is 39.3 Å². The van der Waals surface area contributed by atoms with Gasteiger partial charge in [0.15, 0.2) is 17.7 Å². The molecule has 0 spiro atoms. The molecule has 3 aromatic rings. The average molecular weight is 515 g/mol. The van der Waals surface area contributed by atoms with Gasteiger partial charge in [0.25, 0.3) is 5.56 Å². The van der Waals surface area contributed by atoms with E-state index in [9.17, 15) is 28.6 Å². The number of rotatable bonds is 4. The number of esters is 1. The second-order valence-electron chi connectivity index (χ2n) is 9.56. The Morgan fingerprint density at radius 2 is 1.97 bits per heavy atom. The maximum absolute atomic E-state index is 14.9. The van der Waals surface area contributed by atoms with Gasteiger partial charge >= 0.3 is 5.97 Å². The van der Waals surface area contributed by atoms with E-state index < -0.39 is 34.7 Å². The average Bonchev–Trinajstić information content (AvgIpc) is 3.25. The highest BCUT2D eigenvalue weighted by atomic mass is 19.2. The number of hydrogen-bond donors (Lipinski definition) is 2. The number of carbonyl (C=O) groups is 1. The lowest BCUT2D eigenvalue weighted by molar-refractivity contribution is -0.157. The van der Waals surface area contributed by atoms with Crippen LogP contribution in [0.15, 0.2) is 16.9 Å². The Hall–Kier alpha value is -3.21. The van der Waals surface area contributed by atoms with Crippen LogP contribution in [0.2, 0.25) is 0 Å². The lowest BCUT2D eigenvalue weighted by atomic mass is 9.69. The summed E-state index contributed by atoms with van der Waals surface area (Å²) < 4.78 is 41.5. The van der Waals surface area contributed by atoms with Crippen molar-refractivity contribution in [3.63, 3.8) is 0 Å². The van der Waals surface area contributed by atoms with Crippen LogP contribution in [0.3, 0.4) is 0 Å². The van der Waals surface area contributed by atoms with Crippen molar-refractivity contribution >= 4 is 16.9 Å². The predicted octanol–water partition coefficient (Wildman–Crippen LogP) is 3.03. The van der Waals surface area contributed by atoms with Crippen molar-refractivity contribution in [2.45, 2.75) is 58.3 Å². The van der Waals surface area contributed by atoms with E-state index in [1.54, 1.807) is 6.07 Å². The van der Waals surface area contributed by atoms with E-state index in [2.05, 4.69) is 4.98 Å². The van der Waals surface area contributed by atoms with Gasteiger partial charge in [0.05, 0.1) is 48.8 Å². The molecule has 1 aromatic carbocycles. The van der Waals surface area contributed by atoms with Crippen LogP contribution in [0, 0.1) is 11.6 Å². The first-order chi connectivity index (χ1) is 17.7. The molecule has 2 N–H and O–H groups in total. The number of nitrogens with zero attached hydrogens (tertiary/aromatic N) is 2. The minimum absolute atomic E-state index is 0.134. The van der Waals surface area contributed by atoms with Crippen molar-refractivity contribution in [1.29, 1.82) is 0 Å². The van der Waals surface area contributed by atoms with Gasteiger partial charge in [0.1, 0.15) is 6.61 Å². The second-order valence-corrected chi connectivity index (χ2v) is 9.56. The Balaban J connectivity index is 0.00000137. The molecule has 6 rings (SSSR count). The number of ether oxygens (including phenoxy) is 2. The number of pyridine rings is 2. The maximum Gasteiger partial charge on any atom is 0.340 e. The van der Waals surface area contributed by atoms with Gasteiger partial charge in [-0.1, -0.05) is 20.8 Å². The van der Waals surface area contributed by atoms with Crippen LogP contribution in [-0.4, -0.2) is 45.6 Å². The first kappa shape index (κ1) is 25.4. The highest BCUT2D eigenvalue weighted by Crippen LogP contribution is 2.48. The molecule has 196 valence electrons. The zero-order valence-electron chi connectivity index (χ0n) is 20.9. The smallest absolute Gasteiger partial charge is 0.340 e. The van der Waals surface area contributed by atoms with Crippen LogP contribution >= 0.6 is 0 Å². The molecular formula is C27H28F2N2O6. The second kappa shape index (κ2) is 9.27. The Morgan fingerprint density at radius 1 is 1.22 bits per heavy atom. The molecule has 37 heavy (non-hydrogen) atoms. The lowest BCUT2D eigenvalue weighted by Crippen LogP contribution is -2.35. The van der Waals surface area contributed by atoms with Crippen molar-refractivity contribution in [2.24, 2.45) is 0 Å². The molecule has 0 amide bonds. The van der Waals surface area contributed by atoms with E-state index in [-0.39, 0.29) is 55.2 Å². The molecule has 4 heterocycles. The fourth-order valence-corrected chi connectivity index (χ4v) is 5.74. The summed E-state index contributed by atoms with van der Waals surface area (Å²) in [4.78, 5) is 29.9. The number of cyclic esters (lactones) is 1. The Labute approximate surface area is 211 Å². The van der Waals surface area contributed by atoms with Crippen molar-refractivity contribution < 1.29 is 33.3 Å². The van der Waals surface area contributed by atoms with Crippen LogP contribution in [0.4, 0.5) is 8.78 Å². The standard InChI is InChI=1S/C25H22F2N2O6.C2H6/c1-25(10-34-5-4-30)3-2-11-18-16(7-15(26)20(11)27)28-21-13(19(18)25)8-29-17(21)6-12-14(23(29)32)9-35-24(33)22(12)31;1-2/h6-7,22,30-31H,2-5,8-10H2,1H3;1-2H3. The number of aliphatic hydroxyl groups excluding tert-OH is 2. The monoisotopic (exact) mass is 514 g/mol. The minimum Gasteiger partial charge on any atom is -0.458 e. The number of aromatic nitrogens is 2. The van der Waals surface area contributed by atoms with Crippen molar-refractivity contribution in [2.75, 3.05) is 19.8 Å². The third-order valence-electron chi connectivity index (χ3n) is 7.42. The number of benzene rings is 1. The van der Waals surface area contributed by atoms with Gasteiger partial charge in [-0.25, -0.2) is 18.6 Å². The fourth-order valence-electron chi connectivity index (χ4n) is 5.74. The van der Waals surface area contributed by atoms with E-state index in [0.29, 0.717) is 35.2 Å². The molecule has 8 nitrogen and oxygen atoms in total. The summed E-state index contributed by atoms with van der Waals surface area (Å²) in [6.45, 7) is 6.10. The van der Waals surface area contributed by atoms with Crippen LogP contribution in [0.1, 0.15) is 61.1 Å². The number of halogens is 2. The van der Waals surface area contributed by atoms with E-state index in [1.807, 2.05) is 20.8 Å². The number of fused-ring (bicyclic) bond motifs is 5. The highest BCUT2D eigenvalue weighted by Gasteiger charge is 2.41. The molecule has 10 heteroatoms. The van der Waals surface area contributed by atoms with Crippen LogP contribution in [0.25, 0.3) is 22.3 Å². The van der Waals surface area contributed by atoms with Gasteiger partial charge in [-0.15, -0.1) is 0 Å². The Morgan fingerprint density at radius 3 is 2.70 bits per heavy atom. The highest BCUT2D eigenvalue weighted by molar-refractivity contribution is 5.93. The zero-order chi connectivity index (χ0) is 26.6. The summed E-state index contributed by atoms with van der Waals surface area (Å²) in [6, 6.07) is 2.62. The maximum atomic E-state index is 14.9. The molecule has 2 aromatic heterocycles. The van der Waals surface area contributed by atoms with Crippen molar-refractivity contribution in [3.8, 4) is 11.4 Å². The zero-order valence-corrected chi connectivity index (χ0v) is 20.9. The molecule has 3 aliphatic rings. The summed E-state index contributed by atoms with van der Waals surface area (Å²) in [6.07, 6.45) is -0.824. The van der Waals surface area contributed by atoms with Gasteiger partial charge in [-0.2, -0.15) is 0 Å². The van der Waals surface area contributed by atoms with Crippen molar-refractivity contribution in [1.82, 2.24) is 9.55 Å². The number of aryl methyl sites for hydroxylation is 1. The van der Waals surface area contributed by atoms with Gasteiger partial charge in [-0.05, 0) is 24.5 Å². The molecular weight excluding hydrogens is 486 g/mol. The Bertz CT molecular complexity index is 1500. The summed E-state index contributed by atoms with van der Waals surface area (Å²) in [5.41, 5.74) is 2.11. The summed E-state index contributed by atoms with van der Waals surface area (Å²) in [7, 11) is 0. The minimum atomic E-state index is -1.59. The molecule has 0 saturated heterocycles. The number of aliphatic hydroxyl groups is 2. The van der Waals surface area contributed by atoms with Gasteiger partial charge in [0, 0.05) is 33.6 Å². The first-order valence-electron chi connectivity index (χ1n) is 12.4. The van der Waals surface area contributed by atoms with Crippen LogP contribution in [0.5, 0.6) is 0 Å². The van der Waals surface area contributed by atoms with Gasteiger partial charge < -0.3 is 24.3 Å². The van der Waals surface area contributed by atoms with Gasteiger partial charge in [0.2, 0.25) is 0 Å². The normalized spacial score (nSPS) is 21.1. The van der Waals surface area contributed by atoms with E-state index in [0.717, 1.165) is 11.6 Å². The first-order valence-corrected chi connectivity index (χ1v) is 12.4. The molecule has 0 saturated carbocycles. The quantitative estimate of drug-likeness (QED) is 0.318. The van der Waals surface area contributed by atoms with Crippen LogP contribution < -0.4 is 5.56 Å². The molecule has 2 atom stereocenters. The summed E-state index contributed by atoms with van der Waals surface area (Å²) >= 11 is 0. The van der Waals surface area contributed by atoms with E-state index in [1.165, 1.54) is 4.57 Å². The lowest BCUT2D eigenvalue weighted by Gasteiger charge is -2.37. The van der Waals surface area contributed by atoms with Crippen molar-refractivity contribution in [3.05, 3.63) is 61.9 Å². The van der Waals surface area contributed by atoms with E-state index >= 15 is 0 Å². The fraction of sp³-hybridized carbons (Fsp3) is 0.444. The Kier molecular flexibility index (Phi) is 6.37. The summed E-state index contributed by atoms with van der Waals surface area (Å²) in [5.74, 6) is -2.73. The topological polar surface area (TPSA) is 111 Å². The van der Waals surface area contributed by atoms with E-state index in [4.69, 9.17) is 9.47 Å². The molecule has 0 radical (unpaired) electrons. The predicted molar refractivity (Wildman–Crippen MR) is 130 cm³/mol. The molecule has 2 aliphatic heterocycles. The number of hydrogen-bond acceptors (Lipinski definition) is 7. The third kappa shape index (κ3) is 3.69. The molecule has 2 unspecified atom stereocenters. The largest absolute Gasteiger partial charge is 0.458 e. The van der Waals surface area contributed by atoms with Gasteiger partial charge in [-0.3, -0.25) is 4.79 Å². The SMILES string of the molecule is CC.CC1(COCCO)CCc2c(F)c(F)cc3nc4c(c1c23)Cn1c-4cc2c(c1=O)COC(=O)C2O. The summed E-state index contributed by atoms with van der Waals surface area (Å²) in [5, 5.41) is 20.1. The third-order valence-corrected chi connectivity index (χ3v) is 7.42. The number of carbonyl (C=O) groups excluding carboxylic acids is 1.